The highest BCUT2D eigenvalue weighted by Crippen LogP contribution is 2.20. The summed E-state index contributed by atoms with van der Waals surface area (Å²) >= 11 is 12.1. The lowest BCUT2D eigenvalue weighted by molar-refractivity contribution is 0.249. The first kappa shape index (κ1) is 14.6. The Morgan fingerprint density at radius 3 is 2.38 bits per heavy atom. The molecule has 1 aromatic carbocycles. The van der Waals surface area contributed by atoms with E-state index in [-0.39, 0.29) is 0 Å². The van der Waals surface area contributed by atoms with Crippen LogP contribution in [-0.2, 0) is 6.54 Å². The molecule has 5 heteroatoms. The number of hydrogen-bond donors (Lipinski definition) is 0. The topological polar surface area (TPSA) is 19.4 Å². The van der Waals surface area contributed by atoms with Crippen LogP contribution in [0.2, 0.25) is 10.0 Å². The van der Waals surface area contributed by atoms with E-state index in [4.69, 9.17) is 23.2 Å². The smallest absolute Gasteiger partial charge is 0.128 e. The molecule has 1 aliphatic heterocycles. The fourth-order valence-corrected chi connectivity index (χ4v) is 2.86. The highest BCUT2D eigenvalue weighted by molar-refractivity contribution is 6.31. The van der Waals surface area contributed by atoms with Crippen molar-refractivity contribution in [2.24, 2.45) is 0 Å². The molecule has 2 aromatic rings. The summed E-state index contributed by atoms with van der Waals surface area (Å²) in [5, 5.41) is 1.52. The first-order chi connectivity index (χ1) is 10.2. The fourth-order valence-electron chi connectivity index (χ4n) is 2.56. The average Bonchev–Trinajstić information content (AvgIpc) is 2.51. The molecule has 1 aromatic heterocycles. The van der Waals surface area contributed by atoms with Crippen LogP contribution in [-0.4, -0.2) is 36.1 Å². The highest BCUT2D eigenvalue weighted by Gasteiger charge is 2.18. The summed E-state index contributed by atoms with van der Waals surface area (Å²) in [6, 6.07) is 11.9. The van der Waals surface area contributed by atoms with Crippen LogP contribution in [0.5, 0.6) is 0 Å². The molecule has 110 valence electrons. The van der Waals surface area contributed by atoms with Crippen molar-refractivity contribution < 1.29 is 0 Å². The molecule has 1 aliphatic rings. The molecule has 0 bridgehead atoms. The first-order valence-corrected chi connectivity index (χ1v) is 7.80. The summed E-state index contributed by atoms with van der Waals surface area (Å²) < 4.78 is 0. The third-order valence-electron chi connectivity index (χ3n) is 3.76. The molecule has 1 fully saturated rings. The summed E-state index contributed by atoms with van der Waals surface area (Å²) in [5.74, 6) is 0.997. The Bertz CT molecular complexity index is 593. The number of hydrogen-bond acceptors (Lipinski definition) is 3. The molecule has 1 saturated heterocycles. The Kier molecular flexibility index (Phi) is 4.63. The lowest BCUT2D eigenvalue weighted by atomic mass is 10.2. The predicted octanol–water partition coefficient (Wildman–Crippen LogP) is 3.71. The van der Waals surface area contributed by atoms with Crippen LogP contribution >= 0.6 is 23.2 Å². The van der Waals surface area contributed by atoms with Crippen molar-refractivity contribution >= 4 is 29.0 Å². The number of benzene rings is 1. The van der Waals surface area contributed by atoms with E-state index in [1.165, 1.54) is 5.56 Å². The maximum absolute atomic E-state index is 6.22. The van der Waals surface area contributed by atoms with Crippen LogP contribution < -0.4 is 4.90 Å². The van der Waals surface area contributed by atoms with Gasteiger partial charge in [-0.2, -0.15) is 0 Å². The van der Waals surface area contributed by atoms with Crippen molar-refractivity contribution in [2.45, 2.75) is 6.54 Å². The van der Waals surface area contributed by atoms with Gasteiger partial charge in [-0.15, -0.1) is 0 Å². The number of aromatic nitrogens is 1. The van der Waals surface area contributed by atoms with Gasteiger partial charge in [0.15, 0.2) is 0 Å². The van der Waals surface area contributed by atoms with Crippen LogP contribution in [0, 0.1) is 0 Å². The Morgan fingerprint density at radius 1 is 0.952 bits per heavy atom. The lowest BCUT2D eigenvalue weighted by Crippen LogP contribution is -2.46. The van der Waals surface area contributed by atoms with Crippen molar-refractivity contribution in [3.8, 4) is 0 Å². The van der Waals surface area contributed by atoms with Gasteiger partial charge >= 0.3 is 0 Å². The zero-order valence-electron chi connectivity index (χ0n) is 11.7. The summed E-state index contributed by atoms with van der Waals surface area (Å²) in [5.41, 5.74) is 1.19. The van der Waals surface area contributed by atoms with Gasteiger partial charge in [0.2, 0.25) is 0 Å². The zero-order valence-corrected chi connectivity index (χ0v) is 13.2. The van der Waals surface area contributed by atoms with Crippen molar-refractivity contribution in [1.82, 2.24) is 9.88 Å². The second-order valence-corrected chi connectivity index (χ2v) is 6.03. The number of rotatable bonds is 3. The van der Waals surface area contributed by atoms with Crippen molar-refractivity contribution in [2.75, 3.05) is 31.1 Å². The minimum Gasteiger partial charge on any atom is -0.354 e. The van der Waals surface area contributed by atoms with E-state index in [1.54, 1.807) is 6.20 Å². The minimum atomic E-state index is 0.677. The third-order valence-corrected chi connectivity index (χ3v) is 4.35. The number of halogens is 2. The third kappa shape index (κ3) is 3.67. The molecule has 0 atom stereocenters. The molecule has 3 nitrogen and oxygen atoms in total. The largest absolute Gasteiger partial charge is 0.354 e. The van der Waals surface area contributed by atoms with Crippen molar-refractivity contribution in [3.63, 3.8) is 0 Å². The van der Waals surface area contributed by atoms with Crippen LogP contribution in [0.25, 0.3) is 0 Å². The number of nitrogens with zero attached hydrogens (tertiary/aromatic N) is 3. The van der Waals surface area contributed by atoms with Crippen LogP contribution in [0.1, 0.15) is 5.56 Å². The van der Waals surface area contributed by atoms with Crippen LogP contribution in [0.4, 0.5) is 5.82 Å². The quantitative estimate of drug-likeness (QED) is 0.859. The Hall–Kier alpha value is -1.29. The molecule has 0 saturated carbocycles. The molecule has 0 amide bonds. The zero-order chi connectivity index (χ0) is 14.7. The maximum Gasteiger partial charge on any atom is 0.128 e. The molecule has 0 aliphatic carbocycles. The second kappa shape index (κ2) is 6.65. The fraction of sp³-hybridized carbons (Fsp3) is 0.312. The predicted molar refractivity (Wildman–Crippen MR) is 88.2 cm³/mol. The summed E-state index contributed by atoms with van der Waals surface area (Å²) in [6.45, 7) is 4.87. The van der Waals surface area contributed by atoms with E-state index in [0.29, 0.717) is 5.02 Å². The molecule has 21 heavy (non-hydrogen) atoms. The molecule has 3 rings (SSSR count). The van der Waals surface area contributed by atoms with E-state index in [1.807, 2.05) is 30.3 Å². The second-order valence-electron chi connectivity index (χ2n) is 5.19. The number of piperazine rings is 1. The number of anilines is 1. The molecule has 2 heterocycles. The average molecular weight is 322 g/mol. The molecular weight excluding hydrogens is 305 g/mol. The summed E-state index contributed by atoms with van der Waals surface area (Å²) in [7, 11) is 0. The molecular formula is C16H17Cl2N3. The SMILES string of the molecule is Clc1ccc(N2CCN(Cc3ccccc3Cl)CC2)nc1. The van der Waals surface area contributed by atoms with Gasteiger partial charge in [0.05, 0.1) is 5.02 Å². The van der Waals surface area contributed by atoms with Gasteiger partial charge in [-0.25, -0.2) is 4.98 Å². The van der Waals surface area contributed by atoms with E-state index in [9.17, 15) is 0 Å². The summed E-state index contributed by atoms with van der Waals surface area (Å²) in [4.78, 5) is 9.09. The molecule has 0 radical (unpaired) electrons. The summed E-state index contributed by atoms with van der Waals surface area (Å²) in [6.07, 6.45) is 1.70. The van der Waals surface area contributed by atoms with Crippen molar-refractivity contribution in [3.05, 3.63) is 58.2 Å². The normalized spacial score (nSPS) is 16.2. The van der Waals surface area contributed by atoms with Gasteiger partial charge in [0.25, 0.3) is 0 Å². The lowest BCUT2D eigenvalue weighted by Gasteiger charge is -2.35. The van der Waals surface area contributed by atoms with E-state index >= 15 is 0 Å². The monoisotopic (exact) mass is 321 g/mol. The van der Waals surface area contributed by atoms with Gasteiger partial charge in [-0.3, -0.25) is 4.90 Å². The first-order valence-electron chi connectivity index (χ1n) is 7.04. The van der Waals surface area contributed by atoms with Gasteiger partial charge in [0.1, 0.15) is 5.82 Å². The molecule has 0 spiro atoms. The number of pyridine rings is 1. The molecule has 0 unspecified atom stereocenters. The molecule has 0 N–H and O–H groups in total. The Morgan fingerprint density at radius 2 is 1.71 bits per heavy atom. The minimum absolute atomic E-state index is 0.677. The van der Waals surface area contributed by atoms with Crippen molar-refractivity contribution in [1.29, 1.82) is 0 Å². The van der Waals surface area contributed by atoms with E-state index in [0.717, 1.165) is 43.6 Å². The highest BCUT2D eigenvalue weighted by atomic mass is 35.5. The van der Waals surface area contributed by atoms with E-state index < -0.39 is 0 Å². The van der Waals surface area contributed by atoms with Gasteiger partial charge in [-0.1, -0.05) is 41.4 Å². The van der Waals surface area contributed by atoms with Gasteiger partial charge < -0.3 is 4.90 Å². The Labute approximate surface area is 135 Å². The van der Waals surface area contributed by atoms with Crippen LogP contribution in [0.3, 0.4) is 0 Å². The maximum atomic E-state index is 6.22. The van der Waals surface area contributed by atoms with Crippen LogP contribution in [0.15, 0.2) is 42.6 Å². The standard InChI is InChI=1S/C16H17Cl2N3/c17-14-5-6-16(19-11-14)21-9-7-20(8-10-21)12-13-3-1-2-4-15(13)18/h1-6,11H,7-10,12H2. The van der Waals surface area contributed by atoms with Gasteiger partial charge in [-0.05, 0) is 23.8 Å². The Balaban J connectivity index is 1.58. The van der Waals surface area contributed by atoms with Gasteiger partial charge in [0, 0.05) is 43.9 Å². The van der Waals surface area contributed by atoms with E-state index in [2.05, 4.69) is 20.9 Å².